The third-order valence-electron chi connectivity index (χ3n) is 1.99. The van der Waals surface area contributed by atoms with Crippen LogP contribution in [-0.4, -0.2) is 26.2 Å². The number of aryl methyl sites for hydroxylation is 1. The van der Waals surface area contributed by atoms with E-state index in [2.05, 4.69) is 5.48 Å². The van der Waals surface area contributed by atoms with Crippen LogP contribution in [0.2, 0.25) is 5.02 Å². The van der Waals surface area contributed by atoms with Gasteiger partial charge in [0.25, 0.3) is 5.91 Å². The van der Waals surface area contributed by atoms with E-state index in [1.807, 2.05) is 13.0 Å². The summed E-state index contributed by atoms with van der Waals surface area (Å²) in [5.41, 5.74) is 3.55. The van der Waals surface area contributed by atoms with E-state index in [1.54, 1.807) is 19.2 Å². The molecule has 5 heteroatoms. The lowest BCUT2D eigenvalue weighted by atomic mass is 10.1. The number of halogens is 1. The second-order valence-electron chi connectivity index (χ2n) is 3.21. The van der Waals surface area contributed by atoms with Crippen LogP contribution in [0.3, 0.4) is 0 Å². The van der Waals surface area contributed by atoms with Crippen molar-refractivity contribution in [2.75, 3.05) is 20.3 Å². The number of hydroxylamine groups is 1. The number of amides is 1. The van der Waals surface area contributed by atoms with Crippen molar-refractivity contribution < 1.29 is 14.4 Å². The number of nitrogens with one attached hydrogen (secondary N) is 1. The fraction of sp³-hybridized carbons (Fsp3) is 0.364. The molecule has 0 aliphatic carbocycles. The molecular formula is C11H14ClNO3. The van der Waals surface area contributed by atoms with Crippen LogP contribution in [-0.2, 0) is 9.57 Å². The van der Waals surface area contributed by atoms with Gasteiger partial charge in [0, 0.05) is 7.11 Å². The molecule has 0 radical (unpaired) electrons. The molecule has 1 amide bonds. The number of hydrogen-bond donors (Lipinski definition) is 1. The lowest BCUT2D eigenvalue weighted by molar-refractivity contribution is 0.00889. The minimum absolute atomic E-state index is 0.297. The Balaban J connectivity index is 2.56. The van der Waals surface area contributed by atoms with Gasteiger partial charge in [0.05, 0.1) is 23.8 Å². The fourth-order valence-corrected chi connectivity index (χ4v) is 1.33. The third-order valence-corrected chi connectivity index (χ3v) is 2.49. The summed E-state index contributed by atoms with van der Waals surface area (Å²) in [5, 5.41) is 0.440. The van der Waals surface area contributed by atoms with Crippen molar-refractivity contribution in [1.29, 1.82) is 0 Å². The van der Waals surface area contributed by atoms with Crippen molar-refractivity contribution in [2.24, 2.45) is 0 Å². The first-order valence-corrected chi connectivity index (χ1v) is 5.20. The SMILES string of the molecule is COCCONC(=O)c1cccc(C)c1Cl. The van der Waals surface area contributed by atoms with Crippen LogP contribution in [0.25, 0.3) is 0 Å². The van der Waals surface area contributed by atoms with E-state index in [0.29, 0.717) is 23.8 Å². The standard InChI is InChI=1S/C11H14ClNO3/c1-8-4-3-5-9(10(8)12)11(14)13-16-7-6-15-2/h3-5H,6-7H2,1-2H3,(H,13,14). The first-order valence-electron chi connectivity index (χ1n) is 4.83. The molecular weight excluding hydrogens is 230 g/mol. The van der Waals surface area contributed by atoms with Gasteiger partial charge >= 0.3 is 0 Å². The number of methoxy groups -OCH3 is 1. The van der Waals surface area contributed by atoms with E-state index in [0.717, 1.165) is 5.56 Å². The van der Waals surface area contributed by atoms with Gasteiger partial charge in [-0.15, -0.1) is 0 Å². The summed E-state index contributed by atoms with van der Waals surface area (Å²) in [7, 11) is 1.56. The maximum absolute atomic E-state index is 11.6. The Bertz CT molecular complexity index is 368. The summed E-state index contributed by atoms with van der Waals surface area (Å²) in [6.07, 6.45) is 0. The van der Waals surface area contributed by atoms with Crippen LogP contribution < -0.4 is 5.48 Å². The molecule has 4 nitrogen and oxygen atoms in total. The van der Waals surface area contributed by atoms with Crippen molar-refractivity contribution >= 4 is 17.5 Å². The Morgan fingerprint density at radius 3 is 2.88 bits per heavy atom. The number of benzene rings is 1. The number of rotatable bonds is 5. The molecule has 0 aliphatic rings. The quantitative estimate of drug-likeness (QED) is 0.635. The summed E-state index contributed by atoms with van der Waals surface area (Å²) in [4.78, 5) is 16.5. The third kappa shape index (κ3) is 3.48. The molecule has 0 saturated carbocycles. The number of carbonyl (C=O) groups is 1. The van der Waals surface area contributed by atoms with Gasteiger partial charge in [-0.25, -0.2) is 5.48 Å². The van der Waals surface area contributed by atoms with E-state index in [-0.39, 0.29) is 5.91 Å². The van der Waals surface area contributed by atoms with Crippen molar-refractivity contribution in [1.82, 2.24) is 5.48 Å². The molecule has 1 aromatic rings. The second-order valence-corrected chi connectivity index (χ2v) is 3.59. The monoisotopic (exact) mass is 243 g/mol. The Labute approximate surface area is 99.5 Å². The Morgan fingerprint density at radius 1 is 1.44 bits per heavy atom. The summed E-state index contributed by atoms with van der Waals surface area (Å²) in [6.45, 7) is 2.55. The molecule has 0 atom stereocenters. The molecule has 0 spiro atoms. The van der Waals surface area contributed by atoms with Crippen LogP contribution in [0.15, 0.2) is 18.2 Å². The summed E-state index contributed by atoms with van der Waals surface area (Å²) < 4.78 is 4.77. The van der Waals surface area contributed by atoms with Gasteiger partial charge in [0.15, 0.2) is 0 Å². The van der Waals surface area contributed by atoms with Gasteiger partial charge < -0.3 is 4.74 Å². The van der Waals surface area contributed by atoms with E-state index in [1.165, 1.54) is 0 Å². The molecule has 0 fully saturated rings. The average molecular weight is 244 g/mol. The first-order chi connectivity index (χ1) is 7.66. The van der Waals surface area contributed by atoms with Gasteiger partial charge in [-0.2, -0.15) is 0 Å². The zero-order valence-electron chi connectivity index (χ0n) is 9.25. The summed E-state index contributed by atoms with van der Waals surface area (Å²) in [5.74, 6) is -0.357. The Kier molecular flexibility index (Phi) is 5.25. The van der Waals surface area contributed by atoms with Crippen molar-refractivity contribution in [3.63, 3.8) is 0 Å². The van der Waals surface area contributed by atoms with Crippen molar-refractivity contribution in [2.45, 2.75) is 6.92 Å². The lowest BCUT2D eigenvalue weighted by Gasteiger charge is -2.07. The highest BCUT2D eigenvalue weighted by atomic mass is 35.5. The topological polar surface area (TPSA) is 47.6 Å². The minimum atomic E-state index is -0.357. The second kappa shape index (κ2) is 6.48. The minimum Gasteiger partial charge on any atom is -0.382 e. The van der Waals surface area contributed by atoms with Crippen LogP contribution >= 0.6 is 11.6 Å². The van der Waals surface area contributed by atoms with Crippen LogP contribution in [0, 0.1) is 6.92 Å². The number of ether oxygens (including phenoxy) is 1. The molecule has 0 bridgehead atoms. The maximum Gasteiger partial charge on any atom is 0.276 e. The highest BCUT2D eigenvalue weighted by Gasteiger charge is 2.11. The molecule has 0 heterocycles. The molecule has 0 aliphatic heterocycles. The smallest absolute Gasteiger partial charge is 0.276 e. The lowest BCUT2D eigenvalue weighted by Crippen LogP contribution is -2.25. The Hall–Kier alpha value is -1.10. The summed E-state index contributed by atoms with van der Waals surface area (Å²) >= 11 is 5.99. The number of carbonyl (C=O) groups excluding carboxylic acids is 1. The van der Waals surface area contributed by atoms with E-state index in [4.69, 9.17) is 21.2 Å². The van der Waals surface area contributed by atoms with Gasteiger partial charge in [-0.05, 0) is 18.6 Å². The predicted molar refractivity (Wildman–Crippen MR) is 61.5 cm³/mol. The predicted octanol–water partition coefficient (Wildman–Crippen LogP) is 1.96. The van der Waals surface area contributed by atoms with Gasteiger partial charge in [0.1, 0.15) is 0 Å². The molecule has 1 rings (SSSR count). The normalized spacial score (nSPS) is 10.2. The molecule has 0 saturated heterocycles. The Morgan fingerprint density at radius 2 is 2.19 bits per heavy atom. The zero-order chi connectivity index (χ0) is 12.0. The zero-order valence-corrected chi connectivity index (χ0v) is 10.0. The molecule has 1 aromatic carbocycles. The highest BCUT2D eigenvalue weighted by Crippen LogP contribution is 2.19. The molecule has 1 N–H and O–H groups in total. The molecule has 16 heavy (non-hydrogen) atoms. The van der Waals surface area contributed by atoms with E-state index in [9.17, 15) is 4.79 Å². The number of hydrogen-bond acceptors (Lipinski definition) is 3. The van der Waals surface area contributed by atoms with Crippen LogP contribution in [0.1, 0.15) is 15.9 Å². The highest BCUT2D eigenvalue weighted by molar-refractivity contribution is 6.34. The van der Waals surface area contributed by atoms with Crippen molar-refractivity contribution in [3.8, 4) is 0 Å². The van der Waals surface area contributed by atoms with Gasteiger partial charge in [-0.1, -0.05) is 23.7 Å². The fourth-order valence-electron chi connectivity index (χ4n) is 1.12. The molecule has 0 aromatic heterocycles. The molecule has 88 valence electrons. The van der Waals surface area contributed by atoms with Gasteiger partial charge in [-0.3, -0.25) is 9.63 Å². The van der Waals surface area contributed by atoms with Crippen molar-refractivity contribution in [3.05, 3.63) is 34.3 Å². The average Bonchev–Trinajstić information content (AvgIpc) is 2.28. The first kappa shape index (κ1) is 13.0. The molecule has 0 unspecified atom stereocenters. The van der Waals surface area contributed by atoms with Gasteiger partial charge in [0.2, 0.25) is 0 Å². The van der Waals surface area contributed by atoms with E-state index < -0.39 is 0 Å². The largest absolute Gasteiger partial charge is 0.382 e. The van der Waals surface area contributed by atoms with Crippen LogP contribution in [0.4, 0.5) is 0 Å². The summed E-state index contributed by atoms with van der Waals surface area (Å²) in [6, 6.07) is 5.25. The maximum atomic E-state index is 11.6. The van der Waals surface area contributed by atoms with Crippen LogP contribution in [0.5, 0.6) is 0 Å². The van der Waals surface area contributed by atoms with E-state index >= 15 is 0 Å².